The number of fused-ring (bicyclic) bond motifs is 3. The summed E-state index contributed by atoms with van der Waals surface area (Å²) in [5.74, 6) is -1.69. The fourth-order valence-corrected chi connectivity index (χ4v) is 4.50. The first-order valence-corrected chi connectivity index (χ1v) is 12.1. The van der Waals surface area contributed by atoms with Crippen molar-refractivity contribution in [2.45, 2.75) is 51.5 Å². The van der Waals surface area contributed by atoms with Gasteiger partial charge < -0.3 is 25.6 Å². The van der Waals surface area contributed by atoms with E-state index in [0.29, 0.717) is 12.8 Å². The van der Waals surface area contributed by atoms with Crippen molar-refractivity contribution in [3.63, 3.8) is 0 Å². The Morgan fingerprint density at radius 3 is 2.09 bits per heavy atom. The number of hydrogen-bond acceptors (Lipinski definition) is 5. The van der Waals surface area contributed by atoms with Crippen LogP contribution in [0.15, 0.2) is 48.5 Å². The van der Waals surface area contributed by atoms with E-state index >= 15 is 0 Å². The van der Waals surface area contributed by atoms with Crippen LogP contribution < -0.4 is 10.6 Å². The van der Waals surface area contributed by atoms with Crippen molar-refractivity contribution in [2.75, 3.05) is 19.8 Å². The fraction of sp³-hybridized carbons (Fsp3) is 0.444. The SMILES string of the molecule is CCC(CC)(CO)CNC(=O)C(CCC(=O)O)NC(=O)OCC1c2ccccc2-c2ccccc21. The van der Waals surface area contributed by atoms with Crippen LogP contribution in [0.5, 0.6) is 0 Å². The zero-order valence-corrected chi connectivity index (χ0v) is 20.3. The summed E-state index contributed by atoms with van der Waals surface area (Å²) in [6.07, 6.45) is 0.195. The Balaban J connectivity index is 1.65. The molecule has 0 heterocycles. The number of aliphatic hydroxyl groups excluding tert-OH is 1. The van der Waals surface area contributed by atoms with Crippen molar-refractivity contribution in [3.05, 3.63) is 59.7 Å². The number of ether oxygens (including phenoxy) is 1. The average molecular weight is 483 g/mol. The van der Waals surface area contributed by atoms with Crippen LogP contribution in [0.3, 0.4) is 0 Å². The number of carboxylic acid groups (broad SMARTS) is 1. The van der Waals surface area contributed by atoms with Gasteiger partial charge >= 0.3 is 12.1 Å². The highest BCUT2D eigenvalue weighted by Crippen LogP contribution is 2.44. The largest absolute Gasteiger partial charge is 0.481 e. The molecule has 8 heteroatoms. The summed E-state index contributed by atoms with van der Waals surface area (Å²) in [6, 6.07) is 14.9. The van der Waals surface area contributed by atoms with Crippen molar-refractivity contribution in [3.8, 4) is 11.1 Å². The van der Waals surface area contributed by atoms with Crippen LogP contribution in [0.1, 0.15) is 56.6 Å². The summed E-state index contributed by atoms with van der Waals surface area (Å²) in [5.41, 5.74) is 3.89. The highest BCUT2D eigenvalue weighted by Gasteiger charge is 2.31. The second-order valence-corrected chi connectivity index (χ2v) is 9.04. The molecule has 0 saturated carbocycles. The van der Waals surface area contributed by atoms with Crippen molar-refractivity contribution >= 4 is 18.0 Å². The molecule has 8 nitrogen and oxygen atoms in total. The fourth-order valence-electron chi connectivity index (χ4n) is 4.50. The summed E-state index contributed by atoms with van der Waals surface area (Å²) < 4.78 is 5.52. The number of carboxylic acids is 1. The Labute approximate surface area is 205 Å². The van der Waals surface area contributed by atoms with Crippen LogP contribution in [-0.4, -0.2) is 54.0 Å². The number of amides is 2. The van der Waals surface area contributed by atoms with E-state index in [1.54, 1.807) is 0 Å². The third-order valence-corrected chi connectivity index (χ3v) is 7.07. The van der Waals surface area contributed by atoms with Gasteiger partial charge in [0.05, 0.1) is 6.61 Å². The summed E-state index contributed by atoms with van der Waals surface area (Å²) in [4.78, 5) is 36.6. The molecule has 2 aromatic carbocycles. The number of carbonyl (C=O) groups is 3. The van der Waals surface area contributed by atoms with Gasteiger partial charge in [0.15, 0.2) is 0 Å². The van der Waals surface area contributed by atoms with Crippen LogP contribution in [0.2, 0.25) is 0 Å². The van der Waals surface area contributed by atoms with Gasteiger partial charge in [-0.2, -0.15) is 0 Å². The molecule has 3 rings (SSSR count). The second kappa shape index (κ2) is 11.8. The maximum atomic E-state index is 12.8. The number of aliphatic hydroxyl groups is 1. The minimum atomic E-state index is -1.07. The van der Waals surface area contributed by atoms with Gasteiger partial charge in [0.2, 0.25) is 5.91 Å². The summed E-state index contributed by atoms with van der Waals surface area (Å²) in [6.45, 7) is 4.10. The molecular weight excluding hydrogens is 448 g/mol. The third-order valence-electron chi connectivity index (χ3n) is 7.07. The maximum absolute atomic E-state index is 12.8. The summed E-state index contributed by atoms with van der Waals surface area (Å²) in [7, 11) is 0. The molecule has 0 radical (unpaired) electrons. The molecule has 0 aliphatic heterocycles. The molecule has 0 spiro atoms. The van der Waals surface area contributed by atoms with E-state index in [9.17, 15) is 19.5 Å². The van der Waals surface area contributed by atoms with Crippen molar-refractivity contribution < 1.29 is 29.3 Å². The smallest absolute Gasteiger partial charge is 0.407 e. The Bertz CT molecular complexity index is 996. The minimum Gasteiger partial charge on any atom is -0.481 e. The topological polar surface area (TPSA) is 125 Å². The quantitative estimate of drug-likeness (QED) is 0.366. The van der Waals surface area contributed by atoms with E-state index in [1.807, 2.05) is 62.4 Å². The molecule has 4 N–H and O–H groups in total. The predicted molar refractivity (Wildman–Crippen MR) is 132 cm³/mol. The highest BCUT2D eigenvalue weighted by atomic mass is 16.5. The second-order valence-electron chi connectivity index (χ2n) is 9.04. The number of hydrogen-bond donors (Lipinski definition) is 4. The third kappa shape index (κ3) is 6.19. The van der Waals surface area contributed by atoms with Gasteiger partial charge in [-0.25, -0.2) is 4.79 Å². The molecule has 0 bridgehead atoms. The highest BCUT2D eigenvalue weighted by molar-refractivity contribution is 5.86. The number of benzene rings is 2. The number of aliphatic carboxylic acids is 1. The van der Waals surface area contributed by atoms with Crippen LogP contribution in [0.4, 0.5) is 4.79 Å². The first-order valence-electron chi connectivity index (χ1n) is 12.1. The average Bonchev–Trinajstić information content (AvgIpc) is 3.20. The number of nitrogens with one attached hydrogen (secondary N) is 2. The minimum absolute atomic E-state index is 0.0737. The molecule has 1 atom stereocenters. The van der Waals surface area contributed by atoms with E-state index in [1.165, 1.54) is 0 Å². The molecule has 0 fully saturated rings. The van der Waals surface area contributed by atoms with Gasteiger partial charge in [-0.05, 0) is 41.5 Å². The van der Waals surface area contributed by atoms with Gasteiger partial charge in [-0.15, -0.1) is 0 Å². The Morgan fingerprint density at radius 1 is 1.00 bits per heavy atom. The van der Waals surface area contributed by atoms with Crippen molar-refractivity contribution in [2.24, 2.45) is 5.41 Å². The molecule has 2 aromatic rings. The van der Waals surface area contributed by atoms with Crippen molar-refractivity contribution in [1.29, 1.82) is 0 Å². The summed E-state index contributed by atoms with van der Waals surface area (Å²) in [5, 5.41) is 24.1. The van der Waals surface area contributed by atoms with Crippen LogP contribution in [0.25, 0.3) is 11.1 Å². The molecular formula is C27H34N2O6. The van der Waals surface area contributed by atoms with E-state index in [-0.39, 0.29) is 38.5 Å². The molecule has 1 unspecified atom stereocenters. The normalized spacial score (nSPS) is 13.5. The molecule has 2 amide bonds. The lowest BCUT2D eigenvalue weighted by molar-refractivity contribution is -0.137. The monoisotopic (exact) mass is 482 g/mol. The first kappa shape index (κ1) is 26.2. The lowest BCUT2D eigenvalue weighted by Crippen LogP contribution is -2.50. The number of carbonyl (C=O) groups excluding carboxylic acids is 2. The zero-order chi connectivity index (χ0) is 25.4. The lowest BCUT2D eigenvalue weighted by Gasteiger charge is -2.30. The van der Waals surface area contributed by atoms with Gasteiger partial charge in [-0.3, -0.25) is 9.59 Å². The van der Waals surface area contributed by atoms with Crippen LogP contribution >= 0.6 is 0 Å². The Kier molecular flexibility index (Phi) is 8.87. The van der Waals surface area contributed by atoms with Crippen LogP contribution in [-0.2, 0) is 14.3 Å². The number of alkyl carbamates (subject to hydrolysis) is 1. The van der Waals surface area contributed by atoms with E-state index in [4.69, 9.17) is 9.84 Å². The van der Waals surface area contributed by atoms with Gasteiger partial charge in [0.25, 0.3) is 0 Å². The van der Waals surface area contributed by atoms with Gasteiger partial charge in [0.1, 0.15) is 12.6 Å². The predicted octanol–water partition coefficient (Wildman–Crippen LogP) is 3.67. The first-order chi connectivity index (χ1) is 16.8. The van der Waals surface area contributed by atoms with Gasteiger partial charge in [0, 0.05) is 24.3 Å². The van der Waals surface area contributed by atoms with E-state index in [2.05, 4.69) is 10.6 Å². The lowest BCUT2D eigenvalue weighted by atomic mass is 9.83. The molecule has 35 heavy (non-hydrogen) atoms. The number of rotatable bonds is 12. The van der Waals surface area contributed by atoms with Crippen molar-refractivity contribution in [1.82, 2.24) is 10.6 Å². The Morgan fingerprint density at radius 2 is 1.57 bits per heavy atom. The van der Waals surface area contributed by atoms with Gasteiger partial charge in [-0.1, -0.05) is 62.4 Å². The molecule has 188 valence electrons. The van der Waals surface area contributed by atoms with Crippen LogP contribution in [0, 0.1) is 5.41 Å². The summed E-state index contributed by atoms with van der Waals surface area (Å²) >= 11 is 0. The Hall–Kier alpha value is -3.39. The maximum Gasteiger partial charge on any atom is 0.407 e. The molecule has 1 aliphatic rings. The van der Waals surface area contributed by atoms with E-state index < -0.39 is 29.4 Å². The zero-order valence-electron chi connectivity index (χ0n) is 20.3. The molecule has 1 aliphatic carbocycles. The van der Waals surface area contributed by atoms with E-state index in [0.717, 1.165) is 22.3 Å². The molecule has 0 saturated heterocycles. The molecule has 0 aromatic heterocycles. The standard InChI is InChI=1S/C27H34N2O6/c1-3-27(4-2,17-30)16-28-25(33)23(13-14-24(31)32)29-26(34)35-15-22-20-11-7-5-9-18(20)19-10-6-8-12-21(19)22/h5-12,22-23,30H,3-4,13-17H2,1-2H3,(H,28,33)(H,29,34)(H,31,32).